The Balaban J connectivity index is 2.29. The highest BCUT2D eigenvalue weighted by Gasteiger charge is 2.37. The molecule has 27 heavy (non-hydrogen) atoms. The van der Waals surface area contributed by atoms with Gasteiger partial charge in [-0.3, -0.25) is 0 Å². The molecular weight excluding hydrogens is 362 g/mol. The van der Waals surface area contributed by atoms with Gasteiger partial charge < -0.3 is 20.5 Å². The van der Waals surface area contributed by atoms with Crippen LogP contribution in [-0.2, 0) is 6.18 Å². The van der Waals surface area contributed by atoms with Gasteiger partial charge in [0.05, 0.1) is 18.4 Å². The van der Waals surface area contributed by atoms with Crippen LogP contribution in [0.1, 0.15) is 11.3 Å². The van der Waals surface area contributed by atoms with E-state index in [1.54, 1.807) is 25.1 Å². The van der Waals surface area contributed by atoms with Crippen LogP contribution in [-0.4, -0.2) is 34.5 Å². The van der Waals surface area contributed by atoms with Gasteiger partial charge in [0.25, 0.3) is 0 Å². The Bertz CT molecular complexity index is 1030. The summed E-state index contributed by atoms with van der Waals surface area (Å²) < 4.78 is 44.9. The molecule has 1 heterocycles. The van der Waals surface area contributed by atoms with Crippen molar-refractivity contribution in [2.45, 2.75) is 13.1 Å². The number of nitrogens with two attached hydrogens (primary N) is 1. The fourth-order valence-electron chi connectivity index (χ4n) is 2.92. The van der Waals surface area contributed by atoms with Crippen LogP contribution < -0.4 is 15.9 Å². The third-order valence-corrected chi connectivity index (χ3v) is 4.26. The average molecular weight is 377 g/mol. The molecule has 0 amide bonds. The molecule has 10 heteroatoms. The van der Waals surface area contributed by atoms with Crippen LogP contribution in [0.4, 0.5) is 19.0 Å². The van der Waals surface area contributed by atoms with Crippen molar-refractivity contribution < 1.29 is 28.0 Å². The van der Waals surface area contributed by atoms with Gasteiger partial charge in [0.2, 0.25) is 0 Å². The lowest BCUT2D eigenvalue weighted by Gasteiger charge is -2.18. The molecule has 0 aliphatic rings. The second-order valence-corrected chi connectivity index (χ2v) is 5.94. The van der Waals surface area contributed by atoms with E-state index in [1.807, 2.05) is 0 Å². The first kappa shape index (κ1) is 18.9. The summed E-state index contributed by atoms with van der Waals surface area (Å²) in [5.74, 6) is 0.173. The Labute approximate surface area is 152 Å². The Kier molecular flexibility index (Phi) is 4.71. The summed E-state index contributed by atoms with van der Waals surface area (Å²) in [6.07, 6.45) is -4.77. The van der Waals surface area contributed by atoms with Crippen molar-refractivity contribution in [3.63, 3.8) is 0 Å². The molecule has 0 saturated carbocycles. The average Bonchev–Trinajstić information content (AvgIpc) is 2.62. The van der Waals surface area contributed by atoms with E-state index in [1.165, 1.54) is 7.11 Å². The quantitative estimate of drug-likeness (QED) is 0.603. The van der Waals surface area contributed by atoms with Gasteiger partial charge >= 0.3 is 13.3 Å². The van der Waals surface area contributed by atoms with Gasteiger partial charge in [-0.15, -0.1) is 5.10 Å². The molecule has 0 spiro atoms. The maximum absolute atomic E-state index is 13.3. The lowest BCUT2D eigenvalue weighted by molar-refractivity contribution is -0.136. The van der Waals surface area contributed by atoms with Gasteiger partial charge in [-0.25, -0.2) is 0 Å². The Hall–Kier alpha value is -2.85. The van der Waals surface area contributed by atoms with Crippen LogP contribution in [0.15, 0.2) is 30.3 Å². The standard InChI is InChI=1S/C17H15BF3N3O3/c1-8-11-5-9(3-4-10(11)16(22)24-23-8)12-6-14(18(25)26)13(17(19,20)21)7-15(12)27-2/h3-7,25-26H,1-2H3,(H2,22,24). The first-order chi connectivity index (χ1) is 12.6. The highest BCUT2D eigenvalue weighted by Crippen LogP contribution is 2.37. The van der Waals surface area contributed by atoms with Gasteiger partial charge in [-0.05, 0) is 36.1 Å². The zero-order valence-corrected chi connectivity index (χ0v) is 14.4. The number of alkyl halides is 3. The molecule has 4 N–H and O–H groups in total. The van der Waals surface area contributed by atoms with E-state index in [0.717, 1.165) is 12.1 Å². The summed E-state index contributed by atoms with van der Waals surface area (Å²) in [7, 11) is -1.06. The second kappa shape index (κ2) is 6.71. The number of anilines is 1. The fourth-order valence-corrected chi connectivity index (χ4v) is 2.92. The van der Waals surface area contributed by atoms with Crippen LogP contribution in [0.5, 0.6) is 5.75 Å². The van der Waals surface area contributed by atoms with Gasteiger partial charge in [-0.2, -0.15) is 18.3 Å². The zero-order valence-electron chi connectivity index (χ0n) is 14.4. The molecule has 1 aromatic heterocycles. The largest absolute Gasteiger partial charge is 0.496 e. The van der Waals surface area contributed by atoms with E-state index in [9.17, 15) is 23.2 Å². The van der Waals surface area contributed by atoms with Crippen LogP contribution in [0.25, 0.3) is 21.9 Å². The van der Waals surface area contributed by atoms with Gasteiger partial charge in [-0.1, -0.05) is 12.1 Å². The predicted molar refractivity (Wildman–Crippen MR) is 95.5 cm³/mol. The lowest BCUT2D eigenvalue weighted by atomic mass is 9.75. The Morgan fingerprint density at radius 1 is 1.07 bits per heavy atom. The minimum atomic E-state index is -4.77. The minimum absolute atomic E-state index is 0.0567. The molecule has 0 aliphatic heterocycles. The number of rotatable bonds is 3. The number of ether oxygens (including phenoxy) is 1. The molecule has 0 radical (unpaired) electrons. The predicted octanol–water partition coefficient (Wildman–Crippen LogP) is 1.89. The molecule has 0 unspecified atom stereocenters. The number of hydrogen-bond acceptors (Lipinski definition) is 6. The number of nitrogen functional groups attached to an aromatic ring is 1. The lowest BCUT2D eigenvalue weighted by Crippen LogP contribution is -2.36. The first-order valence-electron chi connectivity index (χ1n) is 7.81. The number of aromatic nitrogens is 2. The third-order valence-electron chi connectivity index (χ3n) is 4.26. The van der Waals surface area contributed by atoms with Crippen molar-refractivity contribution in [3.8, 4) is 16.9 Å². The molecule has 140 valence electrons. The van der Waals surface area contributed by atoms with E-state index >= 15 is 0 Å². The summed E-state index contributed by atoms with van der Waals surface area (Å²) in [4.78, 5) is 0. The van der Waals surface area contributed by atoms with Crippen molar-refractivity contribution in [2.24, 2.45) is 0 Å². The van der Waals surface area contributed by atoms with Gasteiger partial charge in [0.1, 0.15) is 5.75 Å². The molecular formula is C17H15BF3N3O3. The molecule has 2 aromatic carbocycles. The summed E-state index contributed by atoms with van der Waals surface area (Å²) >= 11 is 0. The monoisotopic (exact) mass is 377 g/mol. The van der Waals surface area contributed by atoms with Crippen molar-refractivity contribution >= 4 is 29.2 Å². The van der Waals surface area contributed by atoms with Crippen molar-refractivity contribution in [3.05, 3.63) is 41.6 Å². The van der Waals surface area contributed by atoms with Crippen LogP contribution in [0.2, 0.25) is 0 Å². The van der Waals surface area contributed by atoms with E-state index in [0.29, 0.717) is 22.0 Å². The molecule has 3 aromatic rings. The SMILES string of the molecule is COc1cc(C(F)(F)F)c(B(O)O)cc1-c1ccc2c(N)nnc(C)c2c1. The highest BCUT2D eigenvalue weighted by molar-refractivity contribution is 6.59. The summed E-state index contributed by atoms with van der Waals surface area (Å²) in [5, 5.41) is 28.0. The number of hydrogen-bond donors (Lipinski definition) is 3. The molecule has 3 rings (SSSR count). The van der Waals surface area contributed by atoms with Crippen molar-refractivity contribution in [1.82, 2.24) is 10.2 Å². The van der Waals surface area contributed by atoms with E-state index < -0.39 is 24.3 Å². The normalized spacial score (nSPS) is 11.7. The Morgan fingerprint density at radius 2 is 1.78 bits per heavy atom. The number of methoxy groups -OCH3 is 1. The summed E-state index contributed by atoms with van der Waals surface area (Å²) in [6, 6.07) is 6.81. The molecule has 0 fully saturated rings. The summed E-state index contributed by atoms with van der Waals surface area (Å²) in [6.45, 7) is 1.73. The molecule has 0 saturated heterocycles. The third kappa shape index (κ3) is 3.41. The number of benzene rings is 2. The number of nitrogens with zero attached hydrogens (tertiary/aromatic N) is 2. The molecule has 6 nitrogen and oxygen atoms in total. The molecule has 0 aliphatic carbocycles. The molecule has 0 bridgehead atoms. The van der Waals surface area contributed by atoms with E-state index in [2.05, 4.69) is 10.2 Å². The number of halogens is 3. The Morgan fingerprint density at radius 3 is 2.37 bits per heavy atom. The van der Waals surface area contributed by atoms with Crippen LogP contribution in [0, 0.1) is 6.92 Å². The second-order valence-electron chi connectivity index (χ2n) is 5.94. The van der Waals surface area contributed by atoms with Gasteiger partial charge in [0.15, 0.2) is 5.82 Å². The fraction of sp³-hybridized carbons (Fsp3) is 0.176. The maximum atomic E-state index is 13.3. The topological polar surface area (TPSA) is 101 Å². The minimum Gasteiger partial charge on any atom is -0.496 e. The smallest absolute Gasteiger partial charge is 0.489 e. The molecule has 0 atom stereocenters. The van der Waals surface area contributed by atoms with Crippen LogP contribution >= 0.6 is 0 Å². The highest BCUT2D eigenvalue weighted by atomic mass is 19.4. The number of fused-ring (bicyclic) bond motifs is 1. The number of aryl methyl sites for hydroxylation is 1. The van der Waals surface area contributed by atoms with E-state index in [-0.39, 0.29) is 17.1 Å². The summed E-state index contributed by atoms with van der Waals surface area (Å²) in [5.41, 5.74) is 5.34. The first-order valence-corrected chi connectivity index (χ1v) is 7.81. The van der Waals surface area contributed by atoms with Crippen molar-refractivity contribution in [2.75, 3.05) is 12.8 Å². The van der Waals surface area contributed by atoms with Crippen LogP contribution in [0.3, 0.4) is 0 Å². The maximum Gasteiger partial charge on any atom is 0.489 e. The van der Waals surface area contributed by atoms with E-state index in [4.69, 9.17) is 10.5 Å². The zero-order chi connectivity index (χ0) is 19.9. The van der Waals surface area contributed by atoms with Crippen molar-refractivity contribution in [1.29, 1.82) is 0 Å². The van der Waals surface area contributed by atoms with Gasteiger partial charge in [0, 0.05) is 16.3 Å².